The largest absolute Gasteiger partial charge is 0.412 e. The van der Waals surface area contributed by atoms with Crippen molar-refractivity contribution in [1.29, 1.82) is 0 Å². The molecule has 0 aromatic heterocycles. The van der Waals surface area contributed by atoms with Crippen molar-refractivity contribution in [1.82, 2.24) is 0 Å². The zero-order chi connectivity index (χ0) is 4.12. The molecular weight excluding hydrogens is 229 g/mol. The van der Waals surface area contributed by atoms with Gasteiger partial charge in [0, 0.05) is 0 Å². The third-order valence-electron chi connectivity index (χ3n) is 0.168. The molecular formula is C2H8ClO3Sb. The third-order valence-corrected chi connectivity index (χ3v) is 0.844. The maximum absolute atomic E-state index is 5.18. The van der Waals surface area contributed by atoms with Gasteiger partial charge in [-0.1, -0.05) is 0 Å². The molecule has 5 heteroatoms. The van der Waals surface area contributed by atoms with Crippen LogP contribution in [0.3, 0.4) is 0 Å². The minimum Gasteiger partial charge on any atom is -0.412 e. The summed E-state index contributed by atoms with van der Waals surface area (Å²) in [6.07, 6.45) is 0. The molecule has 0 aliphatic heterocycles. The van der Waals surface area contributed by atoms with Crippen molar-refractivity contribution in [2.45, 2.75) is 0 Å². The summed E-state index contributed by atoms with van der Waals surface area (Å²) in [4.78, 5) is 0. The van der Waals surface area contributed by atoms with Crippen LogP contribution < -0.4 is 0 Å². The van der Waals surface area contributed by atoms with E-state index in [1.165, 1.54) is 23.4 Å². The molecule has 0 aromatic rings. The fraction of sp³-hybridized carbons (Fsp3) is 1.00. The van der Waals surface area contributed by atoms with Gasteiger partial charge in [0.1, 0.15) is 0 Å². The van der Waals surface area contributed by atoms with Crippen molar-refractivity contribution in [3.63, 3.8) is 0 Å². The zero-order valence-corrected chi connectivity index (χ0v) is 6.96. The van der Waals surface area contributed by atoms with Crippen molar-refractivity contribution >= 4 is 35.0 Å². The second kappa shape index (κ2) is 15.8. The molecule has 4 N–H and O–H groups in total. The molecule has 0 saturated carbocycles. The first-order valence-electron chi connectivity index (χ1n) is 1.24. The summed E-state index contributed by atoms with van der Waals surface area (Å²) in [7, 11) is 0. The fourth-order valence-corrected chi connectivity index (χ4v) is 0.694. The van der Waals surface area contributed by atoms with Gasteiger partial charge in [-0.05, 0) is 0 Å². The topological polar surface area (TPSA) is 72.2 Å². The van der Waals surface area contributed by atoms with Crippen LogP contribution in [0.1, 0.15) is 0 Å². The Morgan fingerprint density at radius 2 is 1.86 bits per heavy atom. The van der Waals surface area contributed by atoms with E-state index in [0.717, 1.165) is 0 Å². The Morgan fingerprint density at radius 1 is 1.43 bits per heavy atom. The third kappa shape index (κ3) is 19.5. The van der Waals surface area contributed by atoms with E-state index in [1.807, 2.05) is 0 Å². The fourth-order valence-electron chi connectivity index (χ4n) is 0.0345. The molecule has 0 atom stereocenters. The maximum atomic E-state index is 5.18. The number of hydrogen-bond acceptors (Lipinski definition) is 1. The van der Waals surface area contributed by atoms with Crippen molar-refractivity contribution in [3.8, 4) is 0 Å². The van der Waals surface area contributed by atoms with Crippen LogP contribution in [0.4, 0.5) is 0 Å². The molecule has 7 heavy (non-hydrogen) atoms. The molecule has 46 valence electrons. The van der Waals surface area contributed by atoms with Crippen molar-refractivity contribution < 1.29 is 14.0 Å². The molecule has 0 spiro atoms. The van der Waals surface area contributed by atoms with Crippen molar-refractivity contribution in [2.24, 2.45) is 0 Å². The Balaban J connectivity index is -0.0000000800. The minimum absolute atomic E-state index is 0. The second-order valence-electron chi connectivity index (χ2n) is 0.522. The van der Waals surface area contributed by atoms with Crippen LogP contribution in [0.15, 0.2) is 0 Å². The minimum atomic E-state index is 0. The van der Waals surface area contributed by atoms with Crippen LogP contribution >= 0.6 is 11.6 Å². The molecule has 2 radical (unpaired) electrons. The van der Waals surface area contributed by atoms with Gasteiger partial charge in [-0.15, -0.1) is 0 Å². The monoisotopic (exact) mass is 236 g/mol. The molecule has 0 aromatic carbocycles. The number of halogens is 1. The predicted molar refractivity (Wildman–Crippen MR) is 29.7 cm³/mol. The Labute approximate surface area is 61.7 Å². The van der Waals surface area contributed by atoms with E-state index in [1.54, 1.807) is 0 Å². The average molecular weight is 237 g/mol. The molecule has 0 heterocycles. The summed E-state index contributed by atoms with van der Waals surface area (Å²) in [5.74, 6) is 0.606. The Kier molecular flexibility index (Phi) is 35.3. The van der Waals surface area contributed by atoms with Gasteiger partial charge in [0.25, 0.3) is 0 Å². The molecule has 0 unspecified atom stereocenters. The van der Waals surface area contributed by atoms with E-state index < -0.39 is 0 Å². The van der Waals surface area contributed by atoms with E-state index in [2.05, 4.69) is 3.02 Å². The number of alkyl halides is 1. The maximum Gasteiger partial charge on any atom is -0.412 e. The van der Waals surface area contributed by atoms with E-state index in [-0.39, 0.29) is 11.0 Å². The summed E-state index contributed by atoms with van der Waals surface area (Å²) >= 11 is 6.52. The van der Waals surface area contributed by atoms with E-state index in [9.17, 15) is 0 Å². The van der Waals surface area contributed by atoms with Crippen molar-refractivity contribution in [3.05, 3.63) is 0 Å². The predicted octanol–water partition coefficient (Wildman–Crippen LogP) is -1.32. The molecule has 0 rings (SSSR count). The van der Waals surface area contributed by atoms with Gasteiger partial charge in [-0.2, -0.15) is 0 Å². The Bertz CT molecular complexity index is 20.4. The van der Waals surface area contributed by atoms with Gasteiger partial charge in [0.2, 0.25) is 0 Å². The number of rotatable bonds is 2. The molecule has 0 fully saturated rings. The molecule has 0 bridgehead atoms. The van der Waals surface area contributed by atoms with Gasteiger partial charge in [-0.3, -0.25) is 0 Å². The first-order chi connectivity index (χ1) is 2.41. The van der Waals surface area contributed by atoms with Crippen molar-refractivity contribution in [2.75, 3.05) is 12.5 Å². The number of hydrogen-bond donors (Lipinski definition) is 0. The van der Waals surface area contributed by atoms with Gasteiger partial charge < -0.3 is 11.0 Å². The van der Waals surface area contributed by atoms with E-state index in [4.69, 9.17) is 11.6 Å². The first kappa shape index (κ1) is 15.7. The Hall–Kier alpha value is 0.988. The van der Waals surface area contributed by atoms with Crippen LogP contribution in [0, 0.1) is 0 Å². The normalized spacial score (nSPS) is 6.00. The smallest absolute Gasteiger partial charge is 0.412 e. The van der Waals surface area contributed by atoms with Gasteiger partial charge in [0.05, 0.1) is 0 Å². The molecule has 3 nitrogen and oxygen atoms in total. The standard InChI is InChI=1S/C2H4ClO.2H2O.Sb/c3-1-2-4;;;/h1-2H2;2*1H2;/q-1;;;+1. The van der Waals surface area contributed by atoms with Crippen LogP contribution in [0.5, 0.6) is 0 Å². The molecule has 0 amide bonds. The summed E-state index contributed by atoms with van der Waals surface area (Å²) in [5, 5.41) is 0. The first-order valence-corrected chi connectivity index (χ1v) is 2.82. The quantitative estimate of drug-likeness (QED) is 0.433. The van der Waals surface area contributed by atoms with Crippen LogP contribution in [0.25, 0.3) is 0 Å². The summed E-state index contributed by atoms with van der Waals surface area (Å²) in [6.45, 7) is 0.677. The zero-order valence-electron chi connectivity index (χ0n) is 3.65. The van der Waals surface area contributed by atoms with Gasteiger partial charge in [-0.25, -0.2) is 0 Å². The van der Waals surface area contributed by atoms with Crippen LogP contribution in [-0.4, -0.2) is 46.9 Å². The van der Waals surface area contributed by atoms with Crippen LogP contribution in [0.2, 0.25) is 0 Å². The molecule has 0 aliphatic carbocycles. The van der Waals surface area contributed by atoms with Crippen LogP contribution in [-0.2, 0) is 3.02 Å². The Morgan fingerprint density at radius 3 is 1.86 bits per heavy atom. The summed E-state index contributed by atoms with van der Waals surface area (Å²) in [6, 6.07) is 0. The second-order valence-corrected chi connectivity index (χ2v) is 1.64. The SMILES string of the molecule is ClCC[O][Sb].O.O. The average Bonchev–Trinajstić information content (AvgIpc) is 1.41. The van der Waals surface area contributed by atoms with Gasteiger partial charge >= 0.3 is 50.5 Å². The van der Waals surface area contributed by atoms with E-state index >= 15 is 0 Å². The van der Waals surface area contributed by atoms with Gasteiger partial charge in [0.15, 0.2) is 0 Å². The van der Waals surface area contributed by atoms with E-state index in [0.29, 0.717) is 12.5 Å². The summed E-state index contributed by atoms with van der Waals surface area (Å²) < 4.78 is 4.61. The summed E-state index contributed by atoms with van der Waals surface area (Å²) in [5.41, 5.74) is 0. The molecule has 0 aliphatic rings. The molecule has 0 saturated heterocycles.